The van der Waals surface area contributed by atoms with Crippen molar-refractivity contribution in [1.29, 1.82) is 0 Å². The Morgan fingerprint density at radius 3 is 2.59 bits per heavy atom. The normalized spacial score (nSPS) is 11.3. The first-order valence-electron chi connectivity index (χ1n) is 7.44. The molecular formula is C18H20N2O2. The molecule has 1 N–H and O–H groups in total. The fourth-order valence-corrected chi connectivity index (χ4v) is 2.69. The van der Waals surface area contributed by atoms with Gasteiger partial charge in [0.2, 0.25) is 0 Å². The van der Waals surface area contributed by atoms with Gasteiger partial charge in [0.05, 0.1) is 11.8 Å². The number of aromatic nitrogens is 1. The second-order valence-corrected chi connectivity index (χ2v) is 5.92. The molecule has 0 unspecified atom stereocenters. The van der Waals surface area contributed by atoms with Crippen LogP contribution in [0.15, 0.2) is 41.0 Å². The van der Waals surface area contributed by atoms with Gasteiger partial charge in [0.25, 0.3) is 5.91 Å². The molecule has 0 bridgehead atoms. The van der Waals surface area contributed by atoms with Crippen LogP contribution in [0.1, 0.15) is 41.5 Å². The third kappa shape index (κ3) is 2.41. The molecule has 0 atom stereocenters. The molecule has 0 radical (unpaired) electrons. The molecule has 2 heterocycles. The number of hydrogen-bond donors (Lipinski definition) is 1. The SMILES string of the molecule is Cc1ccc(NC(=O)c2cc3occc3n2C(C)C)cc1C. The van der Waals surface area contributed by atoms with Crippen molar-refractivity contribution in [2.45, 2.75) is 33.7 Å². The van der Waals surface area contributed by atoms with Crippen molar-refractivity contribution in [3.05, 3.63) is 53.4 Å². The van der Waals surface area contributed by atoms with Crippen molar-refractivity contribution < 1.29 is 9.21 Å². The summed E-state index contributed by atoms with van der Waals surface area (Å²) in [6.07, 6.45) is 1.65. The number of anilines is 1. The Hall–Kier alpha value is -2.49. The number of aryl methyl sites for hydroxylation is 2. The van der Waals surface area contributed by atoms with Crippen molar-refractivity contribution in [2.75, 3.05) is 5.32 Å². The number of carbonyl (C=O) groups is 1. The number of hydrogen-bond acceptors (Lipinski definition) is 2. The van der Waals surface area contributed by atoms with Crippen molar-refractivity contribution in [3.8, 4) is 0 Å². The lowest BCUT2D eigenvalue weighted by Crippen LogP contribution is -2.18. The Morgan fingerprint density at radius 2 is 1.91 bits per heavy atom. The highest BCUT2D eigenvalue weighted by molar-refractivity contribution is 6.06. The van der Waals surface area contributed by atoms with Crippen molar-refractivity contribution in [3.63, 3.8) is 0 Å². The van der Waals surface area contributed by atoms with Crippen LogP contribution in [0.5, 0.6) is 0 Å². The lowest BCUT2D eigenvalue weighted by Gasteiger charge is -2.14. The van der Waals surface area contributed by atoms with E-state index in [-0.39, 0.29) is 11.9 Å². The molecule has 22 heavy (non-hydrogen) atoms. The first kappa shape index (κ1) is 14.4. The molecule has 0 fully saturated rings. The van der Waals surface area contributed by atoms with Crippen molar-refractivity contribution in [2.24, 2.45) is 0 Å². The highest BCUT2D eigenvalue weighted by Crippen LogP contribution is 2.26. The molecule has 0 spiro atoms. The number of carbonyl (C=O) groups excluding carboxylic acids is 1. The summed E-state index contributed by atoms with van der Waals surface area (Å²) in [4.78, 5) is 12.6. The Balaban J connectivity index is 1.96. The molecule has 1 aromatic carbocycles. The average Bonchev–Trinajstić information content (AvgIpc) is 3.02. The minimum absolute atomic E-state index is 0.122. The topological polar surface area (TPSA) is 47.2 Å². The highest BCUT2D eigenvalue weighted by Gasteiger charge is 2.19. The zero-order chi connectivity index (χ0) is 15.9. The second kappa shape index (κ2) is 5.37. The van der Waals surface area contributed by atoms with E-state index in [1.165, 1.54) is 5.56 Å². The summed E-state index contributed by atoms with van der Waals surface area (Å²) in [7, 11) is 0. The summed E-state index contributed by atoms with van der Waals surface area (Å²) >= 11 is 0. The van der Waals surface area contributed by atoms with Crippen LogP contribution in [0.2, 0.25) is 0 Å². The van der Waals surface area contributed by atoms with Crippen LogP contribution in [0.3, 0.4) is 0 Å². The predicted octanol–water partition coefficient (Wildman–Crippen LogP) is 4.68. The lowest BCUT2D eigenvalue weighted by molar-refractivity contribution is 0.101. The minimum atomic E-state index is -0.122. The molecule has 0 saturated heterocycles. The predicted molar refractivity (Wildman–Crippen MR) is 88.5 cm³/mol. The van der Waals surface area contributed by atoms with Gasteiger partial charge < -0.3 is 14.3 Å². The smallest absolute Gasteiger partial charge is 0.272 e. The first-order chi connectivity index (χ1) is 10.5. The number of amides is 1. The van der Waals surface area contributed by atoms with Crippen LogP contribution in [-0.2, 0) is 0 Å². The van der Waals surface area contributed by atoms with E-state index in [0.717, 1.165) is 22.4 Å². The van der Waals surface area contributed by atoms with E-state index in [0.29, 0.717) is 5.69 Å². The number of rotatable bonds is 3. The van der Waals surface area contributed by atoms with Gasteiger partial charge in [0, 0.05) is 23.9 Å². The van der Waals surface area contributed by atoms with Crippen LogP contribution in [0.25, 0.3) is 11.1 Å². The standard InChI is InChI=1S/C18H20N2O2/c1-11(2)20-15-7-8-22-17(15)10-16(20)18(21)19-14-6-5-12(3)13(4)9-14/h5-11H,1-4H3,(H,19,21). The van der Waals surface area contributed by atoms with E-state index in [4.69, 9.17) is 4.42 Å². The number of nitrogens with zero attached hydrogens (tertiary/aromatic N) is 1. The van der Waals surface area contributed by atoms with Gasteiger partial charge in [0.1, 0.15) is 5.69 Å². The molecule has 114 valence electrons. The van der Waals surface area contributed by atoms with Gasteiger partial charge in [-0.05, 0) is 51.0 Å². The van der Waals surface area contributed by atoms with Crippen molar-refractivity contribution >= 4 is 22.7 Å². The number of furan rings is 1. The van der Waals surface area contributed by atoms with Crippen LogP contribution < -0.4 is 5.32 Å². The Labute approximate surface area is 129 Å². The average molecular weight is 296 g/mol. The Bertz CT molecular complexity index is 840. The number of nitrogens with one attached hydrogen (secondary N) is 1. The van der Waals surface area contributed by atoms with Gasteiger partial charge >= 0.3 is 0 Å². The lowest BCUT2D eigenvalue weighted by atomic mass is 10.1. The summed E-state index contributed by atoms with van der Waals surface area (Å²) < 4.78 is 7.42. The first-order valence-corrected chi connectivity index (χ1v) is 7.44. The summed E-state index contributed by atoms with van der Waals surface area (Å²) in [5.74, 6) is -0.122. The van der Waals surface area contributed by atoms with E-state index >= 15 is 0 Å². The van der Waals surface area contributed by atoms with E-state index in [2.05, 4.69) is 26.1 Å². The van der Waals surface area contributed by atoms with Gasteiger partial charge in [-0.25, -0.2) is 0 Å². The number of fused-ring (bicyclic) bond motifs is 1. The van der Waals surface area contributed by atoms with E-state index in [1.807, 2.05) is 35.8 Å². The number of benzene rings is 1. The quantitative estimate of drug-likeness (QED) is 0.762. The minimum Gasteiger partial charge on any atom is -0.463 e. The largest absolute Gasteiger partial charge is 0.463 e. The van der Waals surface area contributed by atoms with Crippen LogP contribution in [-0.4, -0.2) is 10.5 Å². The van der Waals surface area contributed by atoms with Gasteiger partial charge in [-0.2, -0.15) is 0 Å². The summed E-state index contributed by atoms with van der Waals surface area (Å²) in [5, 5.41) is 2.97. The second-order valence-electron chi connectivity index (χ2n) is 5.92. The summed E-state index contributed by atoms with van der Waals surface area (Å²) in [5.41, 5.74) is 5.47. The zero-order valence-electron chi connectivity index (χ0n) is 13.3. The maximum Gasteiger partial charge on any atom is 0.272 e. The van der Waals surface area contributed by atoms with Crippen LogP contribution in [0.4, 0.5) is 5.69 Å². The van der Waals surface area contributed by atoms with Crippen molar-refractivity contribution in [1.82, 2.24) is 4.57 Å². The molecule has 0 aliphatic carbocycles. The van der Waals surface area contributed by atoms with E-state index in [9.17, 15) is 4.79 Å². The molecule has 3 aromatic rings. The van der Waals surface area contributed by atoms with Gasteiger partial charge in [-0.15, -0.1) is 0 Å². The molecule has 0 aliphatic heterocycles. The Morgan fingerprint density at radius 1 is 1.14 bits per heavy atom. The summed E-state index contributed by atoms with van der Waals surface area (Å²) in [6.45, 7) is 8.20. The highest BCUT2D eigenvalue weighted by atomic mass is 16.3. The molecule has 1 amide bonds. The van der Waals surface area contributed by atoms with Gasteiger partial charge in [-0.3, -0.25) is 4.79 Å². The maximum atomic E-state index is 12.6. The molecule has 2 aromatic heterocycles. The zero-order valence-corrected chi connectivity index (χ0v) is 13.3. The molecule has 0 saturated carbocycles. The van der Waals surface area contributed by atoms with Gasteiger partial charge in [-0.1, -0.05) is 6.07 Å². The third-order valence-corrected chi connectivity index (χ3v) is 3.97. The van der Waals surface area contributed by atoms with E-state index < -0.39 is 0 Å². The molecular weight excluding hydrogens is 276 g/mol. The third-order valence-electron chi connectivity index (χ3n) is 3.97. The van der Waals surface area contributed by atoms with E-state index in [1.54, 1.807) is 12.3 Å². The molecule has 0 aliphatic rings. The molecule has 4 nitrogen and oxygen atoms in total. The fourth-order valence-electron chi connectivity index (χ4n) is 2.69. The van der Waals surface area contributed by atoms with Gasteiger partial charge in [0.15, 0.2) is 5.58 Å². The van der Waals surface area contributed by atoms with Crippen LogP contribution in [0, 0.1) is 13.8 Å². The summed E-state index contributed by atoms with van der Waals surface area (Å²) in [6, 6.07) is 9.79. The maximum absolute atomic E-state index is 12.6. The molecule has 4 heteroatoms. The van der Waals surface area contributed by atoms with Crippen LogP contribution >= 0.6 is 0 Å². The Kier molecular flexibility index (Phi) is 3.53. The monoisotopic (exact) mass is 296 g/mol. The molecule has 3 rings (SSSR count). The fraction of sp³-hybridized carbons (Fsp3) is 0.278.